The van der Waals surface area contributed by atoms with Crippen LogP contribution < -0.4 is 21.3 Å². The van der Waals surface area contributed by atoms with Gasteiger partial charge in [-0.2, -0.15) is 0 Å². The molecular formula is C22H26ClN5O2S2. The molecule has 0 bridgehead atoms. The monoisotopic (exact) mass is 491 g/mol. The van der Waals surface area contributed by atoms with Gasteiger partial charge < -0.3 is 21.3 Å². The lowest BCUT2D eigenvalue weighted by atomic mass is 10.0. The van der Waals surface area contributed by atoms with E-state index >= 15 is 0 Å². The molecular weight excluding hydrogens is 466 g/mol. The predicted molar refractivity (Wildman–Crippen MR) is 132 cm³/mol. The first-order chi connectivity index (χ1) is 15.5. The summed E-state index contributed by atoms with van der Waals surface area (Å²) in [5.74, 6) is 0.0818. The van der Waals surface area contributed by atoms with E-state index in [1.165, 1.54) is 0 Å². The number of nitrogens with zero attached hydrogens (tertiary/aromatic N) is 1. The second-order valence-corrected chi connectivity index (χ2v) is 9.92. The molecule has 2 aliphatic heterocycles. The second-order valence-electron chi connectivity index (χ2n) is 8.04. The van der Waals surface area contributed by atoms with Crippen molar-refractivity contribution >= 4 is 57.8 Å². The van der Waals surface area contributed by atoms with Crippen molar-refractivity contribution in [2.45, 2.75) is 43.9 Å². The lowest BCUT2D eigenvalue weighted by Crippen LogP contribution is -2.58. The highest BCUT2D eigenvalue weighted by atomic mass is 35.5. The Hall–Kier alpha value is -2.20. The average molecular weight is 492 g/mol. The van der Waals surface area contributed by atoms with Crippen LogP contribution in [-0.4, -0.2) is 53.0 Å². The van der Waals surface area contributed by atoms with E-state index in [9.17, 15) is 9.59 Å². The summed E-state index contributed by atoms with van der Waals surface area (Å²) in [5.41, 5.74) is 0.854. The Morgan fingerprint density at radius 3 is 2.84 bits per heavy atom. The van der Waals surface area contributed by atoms with Crippen LogP contribution in [0, 0.1) is 0 Å². The van der Waals surface area contributed by atoms with E-state index in [0.717, 1.165) is 10.6 Å². The third kappa shape index (κ3) is 5.98. The largest absolute Gasteiger partial charge is 0.358 e. The molecule has 2 saturated heterocycles. The van der Waals surface area contributed by atoms with Gasteiger partial charge in [0.2, 0.25) is 11.8 Å². The van der Waals surface area contributed by atoms with E-state index in [4.69, 9.17) is 23.8 Å². The first-order valence-corrected chi connectivity index (χ1v) is 12.3. The van der Waals surface area contributed by atoms with E-state index in [0.29, 0.717) is 49.0 Å². The number of amides is 2. The summed E-state index contributed by atoms with van der Waals surface area (Å²) in [7, 11) is 0. The van der Waals surface area contributed by atoms with Crippen LogP contribution in [0.5, 0.6) is 0 Å². The van der Waals surface area contributed by atoms with Crippen molar-refractivity contribution in [3.05, 3.63) is 51.7 Å². The second kappa shape index (κ2) is 10.6. The molecule has 3 heterocycles. The van der Waals surface area contributed by atoms with Crippen LogP contribution >= 0.6 is 35.2 Å². The molecule has 3 atom stereocenters. The number of nitrogens with one attached hydrogen (secondary N) is 4. The van der Waals surface area contributed by atoms with Gasteiger partial charge >= 0.3 is 0 Å². The van der Waals surface area contributed by atoms with Crippen LogP contribution in [-0.2, 0) is 16.1 Å². The molecule has 3 unspecified atom stereocenters. The molecule has 0 spiro atoms. The van der Waals surface area contributed by atoms with E-state index < -0.39 is 0 Å². The van der Waals surface area contributed by atoms with Gasteiger partial charge in [0.25, 0.3) is 0 Å². The van der Waals surface area contributed by atoms with E-state index in [2.05, 4.69) is 26.2 Å². The molecule has 0 aliphatic carbocycles. The number of hydrogen-bond acceptors (Lipinski definition) is 5. The average Bonchev–Trinajstić information content (AvgIpc) is 3.44. The van der Waals surface area contributed by atoms with Crippen molar-refractivity contribution in [2.75, 3.05) is 18.4 Å². The molecule has 0 saturated carbocycles. The maximum absolute atomic E-state index is 12.4. The topological polar surface area (TPSA) is 85.5 Å². The molecule has 0 radical (unpaired) electrons. The Morgan fingerprint density at radius 2 is 2.09 bits per heavy atom. The fourth-order valence-corrected chi connectivity index (χ4v) is 5.27. The minimum atomic E-state index is -0.196. The summed E-state index contributed by atoms with van der Waals surface area (Å²) in [4.78, 5) is 28.1. The number of thiocarbonyl (C=S) groups is 1. The van der Waals surface area contributed by atoms with Gasteiger partial charge in [-0.3, -0.25) is 14.5 Å². The molecule has 1 aromatic heterocycles. The molecule has 1 aromatic carbocycles. The lowest BCUT2D eigenvalue weighted by Gasteiger charge is -2.37. The number of thiophene rings is 1. The van der Waals surface area contributed by atoms with Gasteiger partial charge in [-0.05, 0) is 60.8 Å². The fourth-order valence-electron chi connectivity index (χ4n) is 4.22. The SMILES string of the molecule is O=C(CCC1CNC(=O)C2CC(NC(=S)Nc3ccc(Cl)cc3)CN12)NCc1cccs1. The molecule has 4 N–H and O–H groups in total. The highest BCUT2D eigenvalue weighted by molar-refractivity contribution is 7.80. The summed E-state index contributed by atoms with van der Waals surface area (Å²) in [6.45, 7) is 1.84. The quantitative estimate of drug-likeness (QED) is 0.446. The van der Waals surface area contributed by atoms with Crippen LogP contribution in [0.3, 0.4) is 0 Å². The zero-order valence-electron chi connectivity index (χ0n) is 17.5. The predicted octanol–water partition coefficient (Wildman–Crippen LogP) is 2.73. The van der Waals surface area contributed by atoms with E-state index in [1.54, 1.807) is 23.5 Å². The van der Waals surface area contributed by atoms with Crippen LogP contribution in [0.2, 0.25) is 5.02 Å². The number of carbonyl (C=O) groups excluding carboxylic acids is 2. The smallest absolute Gasteiger partial charge is 0.237 e. The van der Waals surface area contributed by atoms with Crippen LogP contribution in [0.1, 0.15) is 24.1 Å². The molecule has 4 rings (SSSR count). The highest BCUT2D eigenvalue weighted by Crippen LogP contribution is 2.26. The maximum atomic E-state index is 12.4. The Balaban J connectivity index is 1.26. The van der Waals surface area contributed by atoms with Gasteiger partial charge in [0.05, 0.1) is 12.6 Å². The Kier molecular flexibility index (Phi) is 7.62. The zero-order valence-corrected chi connectivity index (χ0v) is 19.9. The number of benzene rings is 1. The molecule has 7 nitrogen and oxygen atoms in total. The summed E-state index contributed by atoms with van der Waals surface area (Å²) in [6, 6.07) is 11.3. The number of rotatable bonds is 7. The van der Waals surface area contributed by atoms with Crippen molar-refractivity contribution in [1.29, 1.82) is 0 Å². The number of hydrogen-bond donors (Lipinski definition) is 4. The molecule has 170 valence electrons. The lowest BCUT2D eigenvalue weighted by molar-refractivity contribution is -0.129. The molecule has 10 heteroatoms. The van der Waals surface area contributed by atoms with Gasteiger partial charge in [0.1, 0.15) is 0 Å². The minimum Gasteiger partial charge on any atom is -0.358 e. The van der Waals surface area contributed by atoms with Gasteiger partial charge in [0.15, 0.2) is 5.11 Å². The van der Waals surface area contributed by atoms with Crippen LogP contribution in [0.4, 0.5) is 5.69 Å². The molecule has 2 amide bonds. The van der Waals surface area contributed by atoms with Crippen molar-refractivity contribution in [3.8, 4) is 0 Å². The summed E-state index contributed by atoms with van der Waals surface area (Å²) in [5, 5.41) is 15.6. The summed E-state index contributed by atoms with van der Waals surface area (Å²) >= 11 is 13.0. The highest BCUT2D eigenvalue weighted by Gasteiger charge is 2.43. The standard InChI is InChI=1S/C22H26ClN5O2S2/c23-14-3-5-15(6-4-14)26-22(31)27-16-10-19-21(30)25-11-17(28(19)13-16)7-8-20(29)24-12-18-2-1-9-32-18/h1-6,9,16-17,19H,7-8,10-13H2,(H,24,29)(H,25,30)(H2,26,27,31). The van der Waals surface area contributed by atoms with Crippen molar-refractivity contribution in [1.82, 2.24) is 20.9 Å². The van der Waals surface area contributed by atoms with Gasteiger partial charge in [0, 0.05) is 47.2 Å². The van der Waals surface area contributed by atoms with Gasteiger partial charge in [-0.25, -0.2) is 0 Å². The van der Waals surface area contributed by atoms with Gasteiger partial charge in [-0.1, -0.05) is 17.7 Å². The normalized spacial score (nSPS) is 22.7. The van der Waals surface area contributed by atoms with Crippen molar-refractivity contribution in [3.63, 3.8) is 0 Å². The third-order valence-corrected chi connectivity index (χ3v) is 7.15. The Labute approximate surface area is 201 Å². The van der Waals surface area contributed by atoms with E-state index in [1.807, 2.05) is 29.6 Å². The molecule has 2 aromatic rings. The fraction of sp³-hybridized carbons (Fsp3) is 0.409. The first kappa shape index (κ1) is 23.0. The Morgan fingerprint density at radius 1 is 1.28 bits per heavy atom. The van der Waals surface area contributed by atoms with Gasteiger partial charge in [-0.15, -0.1) is 11.3 Å². The van der Waals surface area contributed by atoms with Crippen molar-refractivity contribution < 1.29 is 9.59 Å². The van der Waals surface area contributed by atoms with Crippen LogP contribution in [0.15, 0.2) is 41.8 Å². The minimum absolute atomic E-state index is 0.0362. The number of anilines is 1. The zero-order chi connectivity index (χ0) is 22.5. The maximum Gasteiger partial charge on any atom is 0.237 e. The number of piperazine rings is 1. The van der Waals surface area contributed by atoms with E-state index in [-0.39, 0.29) is 29.9 Å². The molecule has 2 aliphatic rings. The number of halogens is 1. The molecule has 32 heavy (non-hydrogen) atoms. The number of fused-ring (bicyclic) bond motifs is 1. The summed E-state index contributed by atoms with van der Waals surface area (Å²) < 4.78 is 0. The van der Waals surface area contributed by atoms with Crippen molar-refractivity contribution in [2.24, 2.45) is 0 Å². The Bertz CT molecular complexity index is 954. The number of carbonyl (C=O) groups is 2. The summed E-state index contributed by atoms with van der Waals surface area (Å²) in [6.07, 6.45) is 1.81. The molecule has 2 fully saturated rings. The first-order valence-electron chi connectivity index (χ1n) is 10.6. The van der Waals surface area contributed by atoms with Crippen LogP contribution in [0.25, 0.3) is 0 Å². The third-order valence-electron chi connectivity index (χ3n) is 5.80.